The molecule has 4 nitrogen and oxygen atoms in total. The van der Waals surface area contributed by atoms with Gasteiger partial charge in [0, 0.05) is 11.8 Å². The number of nitrogens with two attached hydrogens (primary N) is 1. The van der Waals surface area contributed by atoms with Crippen molar-refractivity contribution >= 4 is 15.8 Å². The number of benzene rings is 2. The molecular weight excluding hydrogens is 250 g/mol. The summed E-state index contributed by atoms with van der Waals surface area (Å²) in [6.45, 7) is 1.82. The van der Waals surface area contributed by atoms with Gasteiger partial charge in [0.05, 0.1) is 0 Å². The largest absolute Gasteiger partial charge is 0.399 e. The third-order valence-corrected chi connectivity index (χ3v) is 3.57. The van der Waals surface area contributed by atoms with Crippen molar-refractivity contribution < 1.29 is 12.6 Å². The SMILES string of the molecule is Cc1cc(N)cc(OS(=O)(=O)c2ccccc2)c1. The first-order valence-electron chi connectivity index (χ1n) is 5.34. The molecule has 0 aliphatic rings. The first-order valence-corrected chi connectivity index (χ1v) is 6.75. The number of rotatable bonds is 3. The van der Waals surface area contributed by atoms with Crippen LogP contribution in [0, 0.1) is 6.92 Å². The van der Waals surface area contributed by atoms with Gasteiger partial charge < -0.3 is 9.92 Å². The normalized spacial score (nSPS) is 11.2. The third-order valence-electron chi connectivity index (χ3n) is 2.31. The number of hydrogen-bond donors (Lipinski definition) is 1. The van der Waals surface area contributed by atoms with E-state index in [1.807, 2.05) is 6.92 Å². The summed E-state index contributed by atoms with van der Waals surface area (Å²) >= 11 is 0. The van der Waals surface area contributed by atoms with E-state index >= 15 is 0 Å². The van der Waals surface area contributed by atoms with E-state index in [0.717, 1.165) is 5.56 Å². The van der Waals surface area contributed by atoms with Crippen LogP contribution < -0.4 is 9.92 Å². The Bertz CT molecular complexity index is 631. The van der Waals surface area contributed by atoms with Crippen LogP contribution in [0.5, 0.6) is 5.75 Å². The minimum atomic E-state index is -3.80. The average Bonchev–Trinajstić information content (AvgIpc) is 2.28. The van der Waals surface area contributed by atoms with Crippen molar-refractivity contribution in [2.45, 2.75) is 11.8 Å². The van der Waals surface area contributed by atoms with E-state index in [1.54, 1.807) is 30.3 Å². The molecule has 0 spiro atoms. The summed E-state index contributed by atoms with van der Waals surface area (Å²) in [5.41, 5.74) is 6.95. The highest BCUT2D eigenvalue weighted by molar-refractivity contribution is 7.87. The monoisotopic (exact) mass is 263 g/mol. The van der Waals surface area contributed by atoms with Crippen LogP contribution >= 0.6 is 0 Å². The van der Waals surface area contributed by atoms with Crippen LogP contribution in [-0.2, 0) is 10.1 Å². The smallest absolute Gasteiger partial charge is 0.339 e. The molecule has 2 N–H and O–H groups in total. The Balaban J connectivity index is 2.34. The van der Waals surface area contributed by atoms with Crippen molar-refractivity contribution in [3.63, 3.8) is 0 Å². The zero-order valence-electron chi connectivity index (χ0n) is 9.83. The maximum Gasteiger partial charge on any atom is 0.339 e. The molecule has 0 saturated heterocycles. The predicted octanol–water partition coefficient (Wildman–Crippen LogP) is 2.34. The lowest BCUT2D eigenvalue weighted by molar-refractivity contribution is 0.486. The standard InChI is InChI=1S/C13H13NO3S/c1-10-7-11(14)9-12(8-10)17-18(15,16)13-5-3-2-4-6-13/h2-9H,14H2,1H3. The molecule has 2 aromatic rings. The molecule has 0 aliphatic carbocycles. The van der Waals surface area contributed by atoms with Crippen molar-refractivity contribution in [1.29, 1.82) is 0 Å². The topological polar surface area (TPSA) is 69.4 Å². The van der Waals surface area contributed by atoms with E-state index in [2.05, 4.69) is 0 Å². The molecule has 0 atom stereocenters. The van der Waals surface area contributed by atoms with Gasteiger partial charge in [0.1, 0.15) is 10.6 Å². The van der Waals surface area contributed by atoms with E-state index in [4.69, 9.17) is 9.92 Å². The number of nitrogen functional groups attached to an aromatic ring is 1. The summed E-state index contributed by atoms with van der Waals surface area (Å²) in [6, 6.07) is 12.8. The van der Waals surface area contributed by atoms with Gasteiger partial charge in [0.15, 0.2) is 0 Å². The lowest BCUT2D eigenvalue weighted by Gasteiger charge is -2.08. The van der Waals surface area contributed by atoms with Crippen LogP contribution in [0.3, 0.4) is 0 Å². The van der Waals surface area contributed by atoms with Crippen LogP contribution in [0.2, 0.25) is 0 Å². The molecule has 94 valence electrons. The molecule has 0 saturated carbocycles. The van der Waals surface area contributed by atoms with E-state index < -0.39 is 10.1 Å². The first kappa shape index (κ1) is 12.4. The quantitative estimate of drug-likeness (QED) is 0.681. The van der Waals surface area contributed by atoms with Crippen molar-refractivity contribution in [2.24, 2.45) is 0 Å². The minimum absolute atomic E-state index is 0.116. The van der Waals surface area contributed by atoms with Gasteiger partial charge in [-0.15, -0.1) is 0 Å². The summed E-state index contributed by atoms with van der Waals surface area (Å²) in [5, 5.41) is 0. The van der Waals surface area contributed by atoms with Gasteiger partial charge in [-0.05, 0) is 36.8 Å². The molecule has 18 heavy (non-hydrogen) atoms. The molecule has 0 unspecified atom stereocenters. The van der Waals surface area contributed by atoms with Gasteiger partial charge >= 0.3 is 10.1 Å². The second kappa shape index (κ2) is 4.70. The fourth-order valence-electron chi connectivity index (χ4n) is 1.59. The number of hydrogen-bond acceptors (Lipinski definition) is 4. The highest BCUT2D eigenvalue weighted by Gasteiger charge is 2.16. The summed E-state index contributed by atoms with van der Waals surface area (Å²) in [4.78, 5) is 0.116. The third kappa shape index (κ3) is 2.81. The molecule has 0 heterocycles. The predicted molar refractivity (Wildman–Crippen MR) is 69.8 cm³/mol. The lowest BCUT2D eigenvalue weighted by atomic mass is 10.2. The van der Waals surface area contributed by atoms with Gasteiger partial charge in [-0.25, -0.2) is 0 Å². The molecule has 5 heteroatoms. The average molecular weight is 263 g/mol. The Morgan fingerprint density at radius 2 is 1.72 bits per heavy atom. The molecule has 0 bridgehead atoms. The van der Waals surface area contributed by atoms with Crippen LogP contribution in [0.1, 0.15) is 5.56 Å². The molecule has 0 amide bonds. The Hall–Kier alpha value is -2.01. The maximum atomic E-state index is 12.0. The molecular formula is C13H13NO3S. The summed E-state index contributed by atoms with van der Waals surface area (Å²) in [6.07, 6.45) is 0. The minimum Gasteiger partial charge on any atom is -0.399 e. The number of aryl methyl sites for hydroxylation is 1. The summed E-state index contributed by atoms with van der Waals surface area (Å²) < 4.78 is 29.0. The van der Waals surface area contributed by atoms with Crippen molar-refractivity contribution in [1.82, 2.24) is 0 Å². The summed E-state index contributed by atoms with van der Waals surface area (Å²) in [7, 11) is -3.80. The van der Waals surface area contributed by atoms with Crippen molar-refractivity contribution in [3.05, 3.63) is 54.1 Å². The van der Waals surface area contributed by atoms with E-state index in [-0.39, 0.29) is 10.6 Å². The Morgan fingerprint density at radius 1 is 1.06 bits per heavy atom. The lowest BCUT2D eigenvalue weighted by Crippen LogP contribution is -2.09. The number of anilines is 1. The molecule has 2 rings (SSSR count). The highest BCUT2D eigenvalue weighted by atomic mass is 32.2. The highest BCUT2D eigenvalue weighted by Crippen LogP contribution is 2.22. The molecule has 0 aliphatic heterocycles. The fraction of sp³-hybridized carbons (Fsp3) is 0.0769. The molecule has 0 fully saturated rings. The molecule has 2 aromatic carbocycles. The second-order valence-corrected chi connectivity index (χ2v) is 5.48. The zero-order chi connectivity index (χ0) is 13.2. The van der Waals surface area contributed by atoms with Crippen LogP contribution in [-0.4, -0.2) is 8.42 Å². The van der Waals surface area contributed by atoms with Gasteiger partial charge in [-0.2, -0.15) is 8.42 Å². The zero-order valence-corrected chi connectivity index (χ0v) is 10.6. The van der Waals surface area contributed by atoms with E-state index in [1.165, 1.54) is 18.2 Å². The Kier molecular flexibility index (Phi) is 3.25. The first-order chi connectivity index (χ1) is 8.47. The van der Waals surface area contributed by atoms with Gasteiger partial charge in [-0.1, -0.05) is 18.2 Å². The molecule has 0 radical (unpaired) electrons. The van der Waals surface area contributed by atoms with Crippen LogP contribution in [0.15, 0.2) is 53.4 Å². The van der Waals surface area contributed by atoms with Gasteiger partial charge in [0.2, 0.25) is 0 Å². The second-order valence-electron chi connectivity index (χ2n) is 3.93. The van der Waals surface area contributed by atoms with Crippen LogP contribution in [0.25, 0.3) is 0 Å². The van der Waals surface area contributed by atoms with E-state index in [9.17, 15) is 8.42 Å². The Labute approximate surface area is 106 Å². The fourth-order valence-corrected chi connectivity index (χ4v) is 2.52. The van der Waals surface area contributed by atoms with Gasteiger partial charge in [-0.3, -0.25) is 0 Å². The van der Waals surface area contributed by atoms with Crippen molar-refractivity contribution in [2.75, 3.05) is 5.73 Å². The maximum absolute atomic E-state index is 12.0. The summed E-state index contributed by atoms with van der Waals surface area (Å²) in [5.74, 6) is 0.219. The van der Waals surface area contributed by atoms with E-state index in [0.29, 0.717) is 5.69 Å². The van der Waals surface area contributed by atoms with Crippen molar-refractivity contribution in [3.8, 4) is 5.75 Å². The Morgan fingerprint density at radius 3 is 2.33 bits per heavy atom. The molecule has 0 aromatic heterocycles. The van der Waals surface area contributed by atoms with Crippen LogP contribution in [0.4, 0.5) is 5.69 Å². The van der Waals surface area contributed by atoms with Gasteiger partial charge in [0.25, 0.3) is 0 Å².